The van der Waals surface area contributed by atoms with Gasteiger partial charge in [0, 0.05) is 5.92 Å². The molecule has 0 bridgehead atoms. The van der Waals surface area contributed by atoms with Crippen LogP contribution in [0.25, 0.3) is 0 Å². The fourth-order valence-corrected chi connectivity index (χ4v) is 1.23. The van der Waals surface area contributed by atoms with Gasteiger partial charge < -0.3 is 5.73 Å². The molecule has 66 valence electrons. The largest absolute Gasteiger partial charge is 0.330 e. The Kier molecular flexibility index (Phi) is 6.13. The highest BCUT2D eigenvalue weighted by Crippen LogP contribution is 2.12. The van der Waals surface area contributed by atoms with Crippen molar-refractivity contribution in [2.75, 3.05) is 6.54 Å². The molecule has 0 saturated heterocycles. The highest BCUT2D eigenvalue weighted by Gasteiger charge is 2.09. The van der Waals surface area contributed by atoms with Gasteiger partial charge in [-0.1, -0.05) is 13.3 Å². The molecule has 0 rings (SSSR count). The maximum absolute atomic E-state index is 10.9. The monoisotopic (exact) mass is 157 g/mol. The van der Waals surface area contributed by atoms with Crippen molar-refractivity contribution in [1.29, 1.82) is 0 Å². The summed E-state index contributed by atoms with van der Waals surface area (Å²) in [6, 6.07) is 0. The van der Waals surface area contributed by atoms with Gasteiger partial charge in [-0.15, -0.1) is 0 Å². The standard InChI is InChI=1S/C9H19NO/c1-3-9(8(2)11)6-4-5-7-10/h9H,3-7,10H2,1-2H3/t9-/m0/s1. The summed E-state index contributed by atoms with van der Waals surface area (Å²) in [7, 11) is 0. The van der Waals surface area contributed by atoms with Gasteiger partial charge >= 0.3 is 0 Å². The number of hydrogen-bond acceptors (Lipinski definition) is 2. The van der Waals surface area contributed by atoms with E-state index in [2.05, 4.69) is 6.92 Å². The van der Waals surface area contributed by atoms with E-state index in [0.717, 1.165) is 32.2 Å². The highest BCUT2D eigenvalue weighted by molar-refractivity contribution is 5.78. The minimum absolute atomic E-state index is 0.279. The van der Waals surface area contributed by atoms with Crippen LogP contribution in [0.2, 0.25) is 0 Å². The van der Waals surface area contributed by atoms with Crippen LogP contribution in [0.5, 0.6) is 0 Å². The van der Waals surface area contributed by atoms with Crippen LogP contribution in [0, 0.1) is 5.92 Å². The smallest absolute Gasteiger partial charge is 0.132 e. The molecule has 0 heterocycles. The van der Waals surface area contributed by atoms with E-state index in [4.69, 9.17) is 5.73 Å². The van der Waals surface area contributed by atoms with E-state index in [1.807, 2.05) is 0 Å². The highest BCUT2D eigenvalue weighted by atomic mass is 16.1. The lowest BCUT2D eigenvalue weighted by Crippen LogP contribution is -2.10. The fraction of sp³-hybridized carbons (Fsp3) is 0.889. The molecule has 0 aliphatic rings. The number of nitrogens with two attached hydrogens (primary N) is 1. The van der Waals surface area contributed by atoms with Crippen LogP contribution in [-0.2, 0) is 4.79 Å². The van der Waals surface area contributed by atoms with E-state index in [9.17, 15) is 4.79 Å². The van der Waals surface area contributed by atoms with E-state index in [0.29, 0.717) is 5.78 Å². The summed E-state index contributed by atoms with van der Waals surface area (Å²) in [5, 5.41) is 0. The van der Waals surface area contributed by atoms with E-state index in [1.54, 1.807) is 6.92 Å². The van der Waals surface area contributed by atoms with Crippen LogP contribution in [0.4, 0.5) is 0 Å². The second-order valence-corrected chi connectivity index (χ2v) is 3.00. The summed E-state index contributed by atoms with van der Waals surface area (Å²) >= 11 is 0. The summed E-state index contributed by atoms with van der Waals surface area (Å²) in [4.78, 5) is 10.9. The lowest BCUT2D eigenvalue weighted by Gasteiger charge is -2.09. The predicted octanol–water partition coefficient (Wildman–Crippen LogP) is 1.73. The van der Waals surface area contributed by atoms with Crippen LogP contribution in [0.1, 0.15) is 39.5 Å². The second-order valence-electron chi connectivity index (χ2n) is 3.00. The number of carbonyl (C=O) groups excluding carboxylic acids is 1. The molecule has 0 amide bonds. The van der Waals surface area contributed by atoms with Crippen LogP contribution in [0.15, 0.2) is 0 Å². The quantitative estimate of drug-likeness (QED) is 0.597. The molecule has 1 atom stereocenters. The molecule has 2 nitrogen and oxygen atoms in total. The summed E-state index contributed by atoms with van der Waals surface area (Å²) in [6.07, 6.45) is 4.13. The average Bonchev–Trinajstić information content (AvgIpc) is 1.97. The fourth-order valence-electron chi connectivity index (χ4n) is 1.23. The van der Waals surface area contributed by atoms with Crippen molar-refractivity contribution < 1.29 is 4.79 Å². The number of Topliss-reactive ketones (excluding diaryl/α,β-unsaturated/α-hetero) is 1. The molecule has 2 N–H and O–H groups in total. The molecular formula is C9H19NO. The number of hydrogen-bond donors (Lipinski definition) is 1. The van der Waals surface area contributed by atoms with Crippen molar-refractivity contribution in [3.63, 3.8) is 0 Å². The van der Waals surface area contributed by atoms with Crippen LogP contribution in [0.3, 0.4) is 0 Å². The number of carbonyl (C=O) groups is 1. The predicted molar refractivity (Wildman–Crippen MR) is 47.4 cm³/mol. The van der Waals surface area contributed by atoms with Gasteiger partial charge in [0.2, 0.25) is 0 Å². The Balaban J connectivity index is 3.44. The third-order valence-electron chi connectivity index (χ3n) is 2.07. The van der Waals surface area contributed by atoms with Gasteiger partial charge in [0.1, 0.15) is 5.78 Å². The molecule has 0 unspecified atom stereocenters. The van der Waals surface area contributed by atoms with Gasteiger partial charge in [-0.25, -0.2) is 0 Å². The SMILES string of the molecule is CC[C@@H](CCCCN)C(C)=O. The van der Waals surface area contributed by atoms with Crippen molar-refractivity contribution in [3.8, 4) is 0 Å². The molecule has 0 aliphatic carbocycles. The van der Waals surface area contributed by atoms with Crippen LogP contribution >= 0.6 is 0 Å². The molecule has 0 saturated carbocycles. The third kappa shape index (κ3) is 4.96. The van der Waals surface area contributed by atoms with Crippen molar-refractivity contribution in [2.45, 2.75) is 39.5 Å². The Bertz CT molecular complexity index is 112. The maximum atomic E-state index is 10.9. The Labute approximate surface area is 69.2 Å². The first kappa shape index (κ1) is 10.6. The van der Waals surface area contributed by atoms with E-state index >= 15 is 0 Å². The van der Waals surface area contributed by atoms with Gasteiger partial charge in [-0.05, 0) is 32.7 Å². The third-order valence-corrected chi connectivity index (χ3v) is 2.07. The van der Waals surface area contributed by atoms with Crippen LogP contribution in [-0.4, -0.2) is 12.3 Å². The molecule has 0 radical (unpaired) electrons. The van der Waals surface area contributed by atoms with E-state index in [-0.39, 0.29) is 5.92 Å². The lowest BCUT2D eigenvalue weighted by atomic mass is 9.96. The first-order chi connectivity index (χ1) is 5.22. The Hall–Kier alpha value is -0.370. The van der Waals surface area contributed by atoms with E-state index < -0.39 is 0 Å². The minimum atomic E-state index is 0.279. The van der Waals surface area contributed by atoms with Crippen molar-refractivity contribution in [2.24, 2.45) is 11.7 Å². The zero-order valence-electron chi connectivity index (χ0n) is 7.60. The Morgan fingerprint density at radius 3 is 2.45 bits per heavy atom. The normalized spacial score (nSPS) is 13.0. The summed E-state index contributed by atoms with van der Waals surface area (Å²) < 4.78 is 0. The first-order valence-electron chi connectivity index (χ1n) is 4.42. The molecular weight excluding hydrogens is 138 g/mol. The van der Waals surface area contributed by atoms with Crippen molar-refractivity contribution in [1.82, 2.24) is 0 Å². The van der Waals surface area contributed by atoms with Crippen molar-refractivity contribution in [3.05, 3.63) is 0 Å². The second kappa shape index (κ2) is 6.35. The average molecular weight is 157 g/mol. The molecule has 0 aliphatic heterocycles. The molecule has 0 aromatic rings. The molecule has 0 aromatic heterocycles. The van der Waals surface area contributed by atoms with Gasteiger partial charge in [0.25, 0.3) is 0 Å². The molecule has 11 heavy (non-hydrogen) atoms. The summed E-state index contributed by atoms with van der Waals surface area (Å²) in [5.74, 6) is 0.603. The van der Waals surface area contributed by atoms with Gasteiger partial charge in [0.15, 0.2) is 0 Å². The van der Waals surface area contributed by atoms with Crippen molar-refractivity contribution >= 4 is 5.78 Å². The first-order valence-corrected chi connectivity index (χ1v) is 4.42. The Morgan fingerprint density at radius 1 is 1.45 bits per heavy atom. The number of unbranched alkanes of at least 4 members (excludes halogenated alkanes) is 1. The van der Waals surface area contributed by atoms with Gasteiger partial charge in [-0.3, -0.25) is 4.79 Å². The van der Waals surface area contributed by atoms with Crippen LogP contribution < -0.4 is 5.73 Å². The topological polar surface area (TPSA) is 43.1 Å². The van der Waals surface area contributed by atoms with Gasteiger partial charge in [-0.2, -0.15) is 0 Å². The maximum Gasteiger partial charge on any atom is 0.132 e. The van der Waals surface area contributed by atoms with Gasteiger partial charge in [0.05, 0.1) is 0 Å². The summed E-state index contributed by atoms with van der Waals surface area (Å²) in [6.45, 7) is 4.49. The zero-order valence-corrected chi connectivity index (χ0v) is 7.60. The molecule has 2 heteroatoms. The number of rotatable bonds is 6. The summed E-state index contributed by atoms with van der Waals surface area (Å²) in [5.41, 5.74) is 5.35. The Morgan fingerprint density at radius 2 is 2.09 bits per heavy atom. The molecule has 0 fully saturated rings. The molecule has 0 spiro atoms. The zero-order chi connectivity index (χ0) is 8.69. The minimum Gasteiger partial charge on any atom is -0.330 e. The van der Waals surface area contributed by atoms with E-state index in [1.165, 1.54) is 0 Å². The lowest BCUT2D eigenvalue weighted by molar-refractivity contribution is -0.121. The number of ketones is 1. The molecule has 0 aromatic carbocycles.